The van der Waals surface area contributed by atoms with Crippen molar-refractivity contribution in [3.05, 3.63) is 40.3 Å². The van der Waals surface area contributed by atoms with E-state index < -0.39 is 0 Å². The van der Waals surface area contributed by atoms with E-state index in [-0.39, 0.29) is 23.7 Å². The number of hydrogen-bond donors (Lipinski definition) is 2. The maximum absolute atomic E-state index is 12.5. The van der Waals surface area contributed by atoms with E-state index >= 15 is 0 Å². The van der Waals surface area contributed by atoms with Gasteiger partial charge in [0, 0.05) is 38.1 Å². The number of nitrogens with zero attached hydrogens (tertiary/aromatic N) is 4. The van der Waals surface area contributed by atoms with Gasteiger partial charge in [-0.3, -0.25) is 14.7 Å². The zero-order valence-corrected chi connectivity index (χ0v) is 19.3. The molecule has 10 heteroatoms. The summed E-state index contributed by atoms with van der Waals surface area (Å²) in [6, 6.07) is 7.50. The predicted octanol–water partition coefficient (Wildman–Crippen LogP) is 1.65. The number of fused-ring (bicyclic) bond motifs is 2. The minimum Gasteiger partial charge on any atom is -0.412 e. The second-order valence-corrected chi connectivity index (χ2v) is 9.11. The summed E-state index contributed by atoms with van der Waals surface area (Å²) in [5.74, 6) is 0.812. The number of aromatic amines is 2. The molecule has 10 nitrogen and oxygen atoms in total. The Morgan fingerprint density at radius 2 is 1.91 bits per heavy atom. The average molecular weight is 469 g/mol. The maximum atomic E-state index is 12.5. The van der Waals surface area contributed by atoms with Crippen molar-refractivity contribution < 1.29 is 15.1 Å². The van der Waals surface area contributed by atoms with E-state index in [4.69, 9.17) is 4.84 Å². The molecule has 182 valence electrons. The molecule has 1 aliphatic carbocycles. The number of pyridine rings is 1. The second-order valence-electron chi connectivity index (χ2n) is 9.11. The fraction of sp³-hybridized carbons (Fsp3) is 0.500. The predicted molar refractivity (Wildman–Crippen MR) is 131 cm³/mol. The zero-order chi connectivity index (χ0) is 22.6. The number of nitrogens with one attached hydrogen (secondary N) is 2. The normalized spacial score (nSPS) is 17.9. The van der Waals surface area contributed by atoms with Crippen LogP contribution in [0.1, 0.15) is 37.7 Å². The van der Waals surface area contributed by atoms with Gasteiger partial charge >= 0.3 is 5.69 Å². The van der Waals surface area contributed by atoms with Gasteiger partial charge in [-0.15, -0.1) is 0 Å². The van der Waals surface area contributed by atoms with Gasteiger partial charge < -0.3 is 20.2 Å². The number of carbonyl (C=O) groups excluding carboxylic acids is 1. The van der Waals surface area contributed by atoms with Gasteiger partial charge in [0.2, 0.25) is 0 Å². The summed E-state index contributed by atoms with van der Waals surface area (Å²) in [5.41, 5.74) is 2.50. The third kappa shape index (κ3) is 5.63. The van der Waals surface area contributed by atoms with Gasteiger partial charge in [-0.1, -0.05) is 30.5 Å². The molecule has 34 heavy (non-hydrogen) atoms. The maximum Gasteiger partial charge on any atom is 0.325 e. The van der Waals surface area contributed by atoms with Gasteiger partial charge in [0.25, 0.3) is 5.91 Å². The summed E-state index contributed by atoms with van der Waals surface area (Å²) < 4.78 is 0. The lowest BCUT2D eigenvalue weighted by Crippen LogP contribution is -2.50. The summed E-state index contributed by atoms with van der Waals surface area (Å²) in [6.45, 7) is 4.51. The topological polar surface area (TPSA) is 138 Å². The summed E-state index contributed by atoms with van der Waals surface area (Å²) in [5, 5.41) is 4.85. The van der Waals surface area contributed by atoms with Gasteiger partial charge in [-0.2, -0.15) is 0 Å². The lowest BCUT2D eigenvalue weighted by Gasteiger charge is -2.37. The second kappa shape index (κ2) is 10.8. The molecule has 2 aliphatic rings. The van der Waals surface area contributed by atoms with Crippen LogP contribution in [-0.4, -0.2) is 81.7 Å². The van der Waals surface area contributed by atoms with Gasteiger partial charge in [-0.05, 0) is 42.5 Å². The molecular formula is C24H32N6O4. The van der Waals surface area contributed by atoms with E-state index in [9.17, 15) is 9.59 Å². The molecule has 1 amide bonds. The van der Waals surface area contributed by atoms with Crippen molar-refractivity contribution in [3.8, 4) is 0 Å². The molecule has 0 radical (unpaired) electrons. The van der Waals surface area contributed by atoms with Crippen molar-refractivity contribution in [1.82, 2.24) is 24.8 Å². The Hall–Kier alpha value is -3.24. The highest BCUT2D eigenvalue weighted by molar-refractivity contribution is 5.93. The molecule has 0 atom stereocenters. The number of imidazole rings is 1. The summed E-state index contributed by atoms with van der Waals surface area (Å²) >= 11 is 0. The molecule has 1 aliphatic heterocycles. The molecule has 1 saturated carbocycles. The van der Waals surface area contributed by atoms with Gasteiger partial charge in [-0.25, -0.2) is 9.78 Å². The Labute approximate surface area is 197 Å². The smallest absolute Gasteiger partial charge is 0.325 e. The first kappa shape index (κ1) is 23.9. The quantitative estimate of drug-likeness (QED) is 0.418. The number of aromatic nitrogens is 3. The van der Waals surface area contributed by atoms with Crippen LogP contribution >= 0.6 is 0 Å². The highest BCUT2D eigenvalue weighted by Crippen LogP contribution is 2.24. The summed E-state index contributed by atoms with van der Waals surface area (Å²) in [7, 11) is 0. The molecule has 5 rings (SSSR count). The Balaban J connectivity index is 0.00000274. The monoisotopic (exact) mass is 468 g/mol. The van der Waals surface area contributed by atoms with Crippen LogP contribution in [0.5, 0.6) is 0 Å². The fourth-order valence-corrected chi connectivity index (χ4v) is 4.92. The molecule has 3 aromatic rings. The Kier molecular flexibility index (Phi) is 7.59. The molecule has 2 fully saturated rings. The molecular weight excluding hydrogens is 436 g/mol. The van der Waals surface area contributed by atoms with E-state index in [1.165, 1.54) is 38.6 Å². The molecule has 0 spiro atoms. The number of piperazine rings is 1. The SMILES string of the molecule is O.O=C(CO/N=C/c1ccc2nc3[nH]c(=O)[nH]c3cc2c1)N1CCN(CC2CCCCC2)CC1. The average Bonchev–Trinajstić information content (AvgIpc) is 3.20. The van der Waals surface area contributed by atoms with Crippen LogP contribution in [0, 0.1) is 5.92 Å². The molecule has 0 bridgehead atoms. The Morgan fingerprint density at radius 3 is 2.71 bits per heavy atom. The van der Waals surface area contributed by atoms with Crippen LogP contribution in [0.4, 0.5) is 0 Å². The third-order valence-corrected chi connectivity index (χ3v) is 6.75. The minimum absolute atomic E-state index is 0. The van der Waals surface area contributed by atoms with Crippen LogP contribution in [0.3, 0.4) is 0 Å². The first-order valence-electron chi connectivity index (χ1n) is 11.8. The number of amides is 1. The van der Waals surface area contributed by atoms with Crippen molar-refractivity contribution in [3.63, 3.8) is 0 Å². The van der Waals surface area contributed by atoms with E-state index in [1.54, 1.807) is 6.21 Å². The first-order chi connectivity index (χ1) is 16.1. The van der Waals surface area contributed by atoms with E-state index in [1.807, 2.05) is 29.2 Å². The highest BCUT2D eigenvalue weighted by Gasteiger charge is 2.24. The zero-order valence-electron chi connectivity index (χ0n) is 19.3. The van der Waals surface area contributed by atoms with Crippen LogP contribution in [-0.2, 0) is 9.63 Å². The Bertz CT molecular complexity index is 1210. The molecule has 0 unspecified atom stereocenters. The van der Waals surface area contributed by atoms with Gasteiger partial charge in [0.05, 0.1) is 17.2 Å². The van der Waals surface area contributed by atoms with E-state index in [0.29, 0.717) is 11.2 Å². The van der Waals surface area contributed by atoms with Crippen LogP contribution in [0.2, 0.25) is 0 Å². The number of rotatable bonds is 6. The van der Waals surface area contributed by atoms with E-state index in [2.05, 4.69) is 25.0 Å². The van der Waals surface area contributed by atoms with Crippen molar-refractivity contribution in [2.24, 2.45) is 11.1 Å². The van der Waals surface area contributed by atoms with Gasteiger partial charge in [0.1, 0.15) is 0 Å². The number of benzene rings is 1. The van der Waals surface area contributed by atoms with E-state index in [0.717, 1.165) is 48.6 Å². The molecule has 3 heterocycles. The summed E-state index contributed by atoms with van der Waals surface area (Å²) in [6.07, 6.45) is 8.42. The summed E-state index contributed by atoms with van der Waals surface area (Å²) in [4.78, 5) is 43.4. The molecule has 1 saturated heterocycles. The molecule has 4 N–H and O–H groups in total. The molecule has 1 aromatic carbocycles. The number of hydrogen-bond acceptors (Lipinski definition) is 6. The van der Waals surface area contributed by atoms with Crippen molar-refractivity contribution in [2.45, 2.75) is 32.1 Å². The lowest BCUT2D eigenvalue weighted by molar-refractivity contribution is -0.137. The molecule has 2 aromatic heterocycles. The fourth-order valence-electron chi connectivity index (χ4n) is 4.92. The number of H-pyrrole nitrogens is 2. The number of carbonyl (C=O) groups is 1. The van der Waals surface area contributed by atoms with Gasteiger partial charge in [0.15, 0.2) is 12.3 Å². The minimum atomic E-state index is -0.279. The van der Waals surface area contributed by atoms with Crippen molar-refractivity contribution >= 4 is 34.2 Å². The third-order valence-electron chi connectivity index (χ3n) is 6.75. The first-order valence-corrected chi connectivity index (χ1v) is 11.8. The van der Waals surface area contributed by atoms with Crippen LogP contribution < -0.4 is 5.69 Å². The van der Waals surface area contributed by atoms with Crippen LogP contribution in [0.25, 0.3) is 22.1 Å². The number of oxime groups is 1. The van der Waals surface area contributed by atoms with Crippen LogP contribution in [0.15, 0.2) is 34.2 Å². The van der Waals surface area contributed by atoms with Crippen molar-refractivity contribution in [1.29, 1.82) is 0 Å². The van der Waals surface area contributed by atoms with Crippen molar-refractivity contribution in [2.75, 3.05) is 39.3 Å². The lowest BCUT2D eigenvalue weighted by atomic mass is 9.89. The Morgan fingerprint density at radius 1 is 1.12 bits per heavy atom. The standard InChI is InChI=1S/C24H30N6O3.H2O/c31-22(30-10-8-29(9-11-30)15-17-4-2-1-3-5-17)16-33-25-14-18-6-7-20-19(12-18)13-21-23(26-20)28-24(32)27-21;/h6-7,12-14,17H,1-5,8-11,15-16H2,(H2,26,27,28,32);1H2/b25-14+;. The highest BCUT2D eigenvalue weighted by atomic mass is 16.6. The largest absolute Gasteiger partial charge is 0.412 e.